The summed E-state index contributed by atoms with van der Waals surface area (Å²) in [7, 11) is -4.22. The normalized spacial score (nSPS) is 14.2. The first-order valence-corrected chi connectivity index (χ1v) is 13.4. The zero-order valence-electron chi connectivity index (χ0n) is 20.1. The van der Waals surface area contributed by atoms with E-state index in [-0.39, 0.29) is 11.4 Å². The third kappa shape index (κ3) is 4.59. The molecule has 5 nitrogen and oxygen atoms in total. The minimum Gasteiger partial charge on any atom is -0.340 e. The molecule has 0 saturated carbocycles. The van der Waals surface area contributed by atoms with Gasteiger partial charge >= 0.3 is 0 Å². The van der Waals surface area contributed by atoms with Gasteiger partial charge in [0.2, 0.25) is 0 Å². The lowest BCUT2D eigenvalue weighted by Gasteiger charge is -2.33. The van der Waals surface area contributed by atoms with Gasteiger partial charge in [0.25, 0.3) is 15.9 Å². The number of nitrogens with zero attached hydrogens (tertiary/aromatic N) is 1. The van der Waals surface area contributed by atoms with E-state index < -0.39 is 22.0 Å². The first-order chi connectivity index (χ1) is 18.0. The number of fused-ring (bicyclic) bond motifs is 1. The van der Waals surface area contributed by atoms with Crippen LogP contribution in [0.4, 0.5) is 5.69 Å². The lowest BCUT2D eigenvalue weighted by atomic mass is 9.94. The van der Waals surface area contributed by atoms with Gasteiger partial charge in [-0.1, -0.05) is 115 Å². The monoisotopic (exact) mass is 506 g/mol. The summed E-state index contributed by atoms with van der Waals surface area (Å²) in [5.41, 5.74) is 3.92. The molecule has 0 spiro atoms. The van der Waals surface area contributed by atoms with Gasteiger partial charge in [-0.2, -0.15) is 0 Å². The molecule has 1 aliphatic heterocycles. The summed E-state index contributed by atoms with van der Waals surface area (Å²) in [6, 6.07) is 34.9. The van der Waals surface area contributed by atoms with Crippen LogP contribution in [0.25, 0.3) is 5.57 Å². The van der Waals surface area contributed by atoms with E-state index in [9.17, 15) is 13.2 Å². The van der Waals surface area contributed by atoms with E-state index in [1.165, 1.54) is 10.4 Å². The van der Waals surface area contributed by atoms with Gasteiger partial charge in [-0.25, -0.2) is 8.42 Å². The standard InChI is InChI=1S/C31H26N2O3S/c1-2-22-33-27-21-13-12-20-26(27)28(23-14-6-3-7-15-23)30(37(33,35)36)31(34)32-29(24-16-8-4-9-17-24)25-18-10-5-11-19-25/h2-21,29H,1,22H2,(H,32,34). The molecule has 37 heavy (non-hydrogen) atoms. The van der Waals surface area contributed by atoms with Crippen molar-refractivity contribution in [3.8, 4) is 0 Å². The molecule has 1 heterocycles. The summed E-state index contributed by atoms with van der Waals surface area (Å²) >= 11 is 0. The summed E-state index contributed by atoms with van der Waals surface area (Å²) < 4.78 is 29.5. The minimum absolute atomic E-state index is 0.0407. The number of carbonyl (C=O) groups excluding carboxylic acids is 1. The fourth-order valence-electron chi connectivity index (χ4n) is 4.68. The lowest BCUT2D eigenvalue weighted by Crippen LogP contribution is -2.42. The van der Waals surface area contributed by atoms with Crippen molar-refractivity contribution in [2.75, 3.05) is 10.8 Å². The van der Waals surface area contributed by atoms with Gasteiger partial charge in [-0.15, -0.1) is 6.58 Å². The van der Waals surface area contributed by atoms with Gasteiger partial charge in [0.15, 0.2) is 4.91 Å². The molecule has 6 heteroatoms. The Kier molecular flexibility index (Phi) is 6.75. The van der Waals surface area contributed by atoms with Crippen LogP contribution < -0.4 is 9.62 Å². The van der Waals surface area contributed by atoms with E-state index >= 15 is 0 Å². The summed E-state index contributed by atoms with van der Waals surface area (Å²) in [6.07, 6.45) is 1.52. The van der Waals surface area contributed by atoms with Crippen LogP contribution in [0.3, 0.4) is 0 Å². The quantitative estimate of drug-likeness (QED) is 0.328. The summed E-state index contributed by atoms with van der Waals surface area (Å²) in [6.45, 7) is 3.79. The highest BCUT2D eigenvalue weighted by molar-refractivity contribution is 7.97. The number of carbonyl (C=O) groups is 1. The Bertz CT molecular complexity index is 1530. The van der Waals surface area contributed by atoms with Crippen molar-refractivity contribution in [2.24, 2.45) is 0 Å². The average molecular weight is 507 g/mol. The first kappa shape index (κ1) is 24.3. The predicted molar refractivity (Wildman–Crippen MR) is 148 cm³/mol. The molecule has 5 rings (SSSR count). The van der Waals surface area contributed by atoms with Crippen LogP contribution in [-0.4, -0.2) is 20.9 Å². The van der Waals surface area contributed by atoms with Crippen molar-refractivity contribution in [3.05, 3.63) is 155 Å². The molecule has 4 aromatic carbocycles. The maximum absolute atomic E-state index is 14.1. The molecule has 0 fully saturated rings. The second kappa shape index (κ2) is 10.3. The third-order valence-corrected chi connectivity index (χ3v) is 8.15. The molecule has 0 aliphatic carbocycles. The molecule has 4 aromatic rings. The van der Waals surface area contributed by atoms with Crippen molar-refractivity contribution in [1.82, 2.24) is 5.32 Å². The van der Waals surface area contributed by atoms with Crippen LogP contribution in [0.5, 0.6) is 0 Å². The van der Waals surface area contributed by atoms with Gasteiger partial charge < -0.3 is 5.32 Å². The Morgan fingerprint density at radius 1 is 0.784 bits per heavy atom. The number of amides is 1. The van der Waals surface area contributed by atoms with Crippen molar-refractivity contribution in [2.45, 2.75) is 6.04 Å². The number of hydrogen-bond acceptors (Lipinski definition) is 3. The molecule has 0 bridgehead atoms. The van der Waals surface area contributed by atoms with Gasteiger partial charge in [0, 0.05) is 11.1 Å². The number of benzene rings is 4. The molecule has 0 unspecified atom stereocenters. The number of anilines is 1. The molecule has 0 radical (unpaired) electrons. The predicted octanol–water partition coefficient (Wildman–Crippen LogP) is 5.69. The van der Waals surface area contributed by atoms with Gasteiger partial charge in [-0.3, -0.25) is 9.10 Å². The van der Waals surface area contributed by atoms with Gasteiger partial charge in [0.1, 0.15) is 0 Å². The maximum Gasteiger partial charge on any atom is 0.270 e. The smallest absolute Gasteiger partial charge is 0.270 e. The van der Waals surface area contributed by atoms with Crippen LogP contribution >= 0.6 is 0 Å². The number of rotatable bonds is 7. The highest BCUT2D eigenvalue weighted by Crippen LogP contribution is 2.43. The highest BCUT2D eigenvalue weighted by atomic mass is 32.2. The van der Waals surface area contributed by atoms with Crippen molar-refractivity contribution < 1.29 is 13.2 Å². The SMILES string of the molecule is C=CCN1c2ccccc2C(c2ccccc2)=C(C(=O)NC(c2ccccc2)c2ccccc2)S1(=O)=O. The van der Waals surface area contributed by atoms with E-state index in [4.69, 9.17) is 0 Å². The molecule has 0 saturated heterocycles. The van der Waals surface area contributed by atoms with Crippen molar-refractivity contribution >= 4 is 27.2 Å². The molecule has 1 amide bonds. The first-order valence-electron chi connectivity index (χ1n) is 12.0. The minimum atomic E-state index is -4.22. The molecular weight excluding hydrogens is 480 g/mol. The van der Waals surface area contributed by atoms with E-state index in [0.29, 0.717) is 22.4 Å². The third-order valence-electron chi connectivity index (χ3n) is 6.32. The Morgan fingerprint density at radius 3 is 1.86 bits per heavy atom. The average Bonchev–Trinajstić information content (AvgIpc) is 2.94. The van der Waals surface area contributed by atoms with Crippen molar-refractivity contribution in [3.63, 3.8) is 0 Å². The Hall–Kier alpha value is -4.42. The van der Waals surface area contributed by atoms with E-state index in [1.54, 1.807) is 12.1 Å². The van der Waals surface area contributed by atoms with Crippen LogP contribution in [-0.2, 0) is 14.8 Å². The zero-order valence-corrected chi connectivity index (χ0v) is 20.9. The van der Waals surface area contributed by atoms with Crippen LogP contribution in [0.15, 0.2) is 133 Å². The topological polar surface area (TPSA) is 66.5 Å². The Morgan fingerprint density at radius 2 is 1.30 bits per heavy atom. The van der Waals surface area contributed by atoms with Crippen LogP contribution in [0.2, 0.25) is 0 Å². The lowest BCUT2D eigenvalue weighted by molar-refractivity contribution is -0.117. The van der Waals surface area contributed by atoms with Gasteiger partial charge in [-0.05, 0) is 22.8 Å². The van der Waals surface area contributed by atoms with Crippen molar-refractivity contribution in [1.29, 1.82) is 0 Å². The summed E-state index contributed by atoms with van der Waals surface area (Å²) in [5, 5.41) is 3.04. The van der Waals surface area contributed by atoms with E-state index in [1.807, 2.05) is 103 Å². The van der Waals surface area contributed by atoms with E-state index in [2.05, 4.69) is 11.9 Å². The number of sulfonamides is 1. The summed E-state index contributed by atoms with van der Waals surface area (Å²) in [4.78, 5) is 13.8. The zero-order chi connectivity index (χ0) is 25.8. The second-order valence-corrected chi connectivity index (χ2v) is 10.4. The molecular formula is C31H26N2O3S. The van der Waals surface area contributed by atoms with Crippen LogP contribution in [0, 0.1) is 0 Å². The molecule has 0 atom stereocenters. The molecule has 1 N–H and O–H groups in total. The highest BCUT2D eigenvalue weighted by Gasteiger charge is 2.41. The number of hydrogen-bond donors (Lipinski definition) is 1. The molecule has 0 aromatic heterocycles. The second-order valence-electron chi connectivity index (χ2n) is 8.64. The molecule has 1 aliphatic rings. The Labute approximate surface area is 217 Å². The Balaban J connectivity index is 1.72. The molecule has 184 valence electrons. The van der Waals surface area contributed by atoms with E-state index in [0.717, 1.165) is 11.1 Å². The maximum atomic E-state index is 14.1. The van der Waals surface area contributed by atoms with Gasteiger partial charge in [0.05, 0.1) is 18.3 Å². The number of para-hydroxylation sites is 1. The van der Waals surface area contributed by atoms with Crippen LogP contribution in [0.1, 0.15) is 28.3 Å². The fraction of sp³-hybridized carbons (Fsp3) is 0.0645. The fourth-order valence-corrected chi connectivity index (χ4v) is 6.40. The summed E-state index contributed by atoms with van der Waals surface area (Å²) in [5.74, 6) is -0.667. The largest absolute Gasteiger partial charge is 0.340 e. The number of nitrogens with one attached hydrogen (secondary N) is 1.